The average Bonchev–Trinajstić information content (AvgIpc) is 3.43. The highest BCUT2D eigenvalue weighted by Gasteiger charge is 2.15. The molecule has 0 aliphatic carbocycles. The lowest BCUT2D eigenvalue weighted by atomic mass is 10.1. The van der Waals surface area contributed by atoms with Crippen LogP contribution in [0.1, 0.15) is 29.6 Å². The van der Waals surface area contributed by atoms with Gasteiger partial charge in [0.1, 0.15) is 11.8 Å². The molecule has 9 heteroatoms. The quantitative estimate of drug-likeness (QED) is 0.406. The van der Waals surface area contributed by atoms with Crippen LogP contribution >= 0.6 is 0 Å². The van der Waals surface area contributed by atoms with Crippen LogP contribution in [0, 0.1) is 25.2 Å². The number of fused-ring (bicyclic) bond motifs is 1. The molecule has 5 rings (SSSR count). The molecule has 0 unspecified atom stereocenters. The predicted molar refractivity (Wildman–Crippen MR) is 121 cm³/mol. The number of hydrogen-bond donors (Lipinski definition) is 0. The molecule has 5 aromatic rings. The molecule has 0 saturated carbocycles. The molecule has 0 spiro atoms. The van der Waals surface area contributed by atoms with E-state index < -0.39 is 0 Å². The second-order valence-electron chi connectivity index (χ2n) is 7.60. The average molecular weight is 436 g/mol. The summed E-state index contributed by atoms with van der Waals surface area (Å²) in [5.41, 5.74) is 5.62. The first-order chi connectivity index (χ1) is 16.1. The Morgan fingerprint density at radius 3 is 2.67 bits per heavy atom. The van der Waals surface area contributed by atoms with Gasteiger partial charge in [0.05, 0.1) is 29.3 Å². The topological polar surface area (TPSA) is 107 Å². The number of aryl methyl sites for hydroxylation is 3. The second-order valence-corrected chi connectivity index (χ2v) is 7.60. The molecule has 0 aliphatic heterocycles. The predicted octanol–water partition coefficient (Wildman–Crippen LogP) is 4.22. The Bertz CT molecular complexity index is 1510. The Balaban J connectivity index is 1.53. The fourth-order valence-electron chi connectivity index (χ4n) is 3.62. The molecule has 33 heavy (non-hydrogen) atoms. The third-order valence-corrected chi connectivity index (χ3v) is 5.30. The van der Waals surface area contributed by atoms with Crippen LogP contribution in [-0.2, 0) is 6.42 Å². The van der Waals surface area contributed by atoms with E-state index in [-0.39, 0.29) is 0 Å². The van der Waals surface area contributed by atoms with E-state index in [0.717, 1.165) is 40.1 Å². The van der Waals surface area contributed by atoms with Crippen molar-refractivity contribution in [2.45, 2.75) is 27.2 Å². The summed E-state index contributed by atoms with van der Waals surface area (Å²) in [5, 5.41) is 26.2. The molecule has 0 radical (unpaired) electrons. The van der Waals surface area contributed by atoms with Crippen LogP contribution in [0.15, 0.2) is 54.9 Å². The number of rotatable bonds is 5. The largest absolute Gasteiger partial charge is 0.436 e. The van der Waals surface area contributed by atoms with E-state index in [9.17, 15) is 5.26 Å². The molecule has 0 fully saturated rings. The summed E-state index contributed by atoms with van der Waals surface area (Å²) >= 11 is 0. The maximum Gasteiger partial charge on any atom is 0.238 e. The fraction of sp³-hybridized carbons (Fsp3) is 0.167. The first-order valence-corrected chi connectivity index (χ1v) is 10.5. The lowest BCUT2D eigenvalue weighted by Gasteiger charge is -2.11. The maximum absolute atomic E-state index is 9.22. The van der Waals surface area contributed by atoms with Crippen molar-refractivity contribution in [2.24, 2.45) is 0 Å². The smallest absolute Gasteiger partial charge is 0.238 e. The first kappa shape index (κ1) is 20.3. The van der Waals surface area contributed by atoms with Crippen molar-refractivity contribution < 1.29 is 4.74 Å². The minimum Gasteiger partial charge on any atom is -0.436 e. The first-order valence-electron chi connectivity index (χ1n) is 10.5. The van der Waals surface area contributed by atoms with Crippen LogP contribution < -0.4 is 4.74 Å². The highest BCUT2D eigenvalue weighted by molar-refractivity contribution is 5.78. The number of pyridine rings is 2. The molecule has 0 saturated heterocycles. The van der Waals surface area contributed by atoms with E-state index in [2.05, 4.69) is 33.4 Å². The lowest BCUT2D eigenvalue weighted by Crippen LogP contribution is -2.07. The normalized spacial score (nSPS) is 11.0. The van der Waals surface area contributed by atoms with Crippen molar-refractivity contribution in [3.63, 3.8) is 0 Å². The van der Waals surface area contributed by atoms with E-state index >= 15 is 0 Å². The van der Waals surface area contributed by atoms with Crippen LogP contribution in [0.5, 0.6) is 11.6 Å². The molecule has 0 amide bonds. The van der Waals surface area contributed by atoms with Crippen molar-refractivity contribution in [1.82, 2.24) is 34.6 Å². The maximum atomic E-state index is 9.22. The molecule has 5 heterocycles. The zero-order valence-electron chi connectivity index (χ0n) is 18.4. The van der Waals surface area contributed by atoms with Crippen molar-refractivity contribution in [2.75, 3.05) is 0 Å². The number of ether oxygens (including phenoxy) is 1. The van der Waals surface area contributed by atoms with Gasteiger partial charge < -0.3 is 4.74 Å². The van der Waals surface area contributed by atoms with Gasteiger partial charge in [-0.3, -0.25) is 0 Å². The van der Waals surface area contributed by atoms with Crippen LogP contribution in [0.3, 0.4) is 0 Å². The highest BCUT2D eigenvalue weighted by atomic mass is 16.5. The summed E-state index contributed by atoms with van der Waals surface area (Å²) in [7, 11) is 0. The molecule has 0 aliphatic rings. The molecule has 0 atom stereocenters. The molecular weight excluding hydrogens is 416 g/mol. The summed E-state index contributed by atoms with van der Waals surface area (Å²) in [4.78, 5) is 4.90. The minimum absolute atomic E-state index is 0.364. The highest BCUT2D eigenvalue weighted by Crippen LogP contribution is 2.28. The molecule has 9 nitrogen and oxygen atoms in total. The van der Waals surface area contributed by atoms with Crippen molar-refractivity contribution >= 4 is 5.52 Å². The fourth-order valence-corrected chi connectivity index (χ4v) is 3.62. The number of hydrogen-bond acceptors (Lipinski definition) is 7. The summed E-state index contributed by atoms with van der Waals surface area (Å²) in [6.07, 6.45) is 4.36. The van der Waals surface area contributed by atoms with Gasteiger partial charge in [-0.15, -0.1) is 5.10 Å². The number of nitrogens with zero attached hydrogens (tertiary/aromatic N) is 8. The Hall–Kier alpha value is -4.58. The van der Waals surface area contributed by atoms with Gasteiger partial charge in [0.2, 0.25) is 5.88 Å². The molecule has 0 N–H and O–H groups in total. The monoisotopic (exact) mass is 436 g/mol. The summed E-state index contributed by atoms with van der Waals surface area (Å²) in [6.45, 7) is 5.85. The van der Waals surface area contributed by atoms with Gasteiger partial charge in [0.25, 0.3) is 0 Å². The Labute approximate surface area is 189 Å². The second kappa shape index (κ2) is 8.16. The lowest BCUT2D eigenvalue weighted by molar-refractivity contribution is 0.451. The van der Waals surface area contributed by atoms with Gasteiger partial charge in [-0.1, -0.05) is 13.0 Å². The summed E-state index contributed by atoms with van der Waals surface area (Å²) < 4.78 is 9.27. The SMILES string of the molecule is CCc1ccc(-c2cnn3cc(Oc4ccc(C)nn4)ccc23)nc1-n1nc(C#N)cc1C. The molecule has 0 aromatic carbocycles. The van der Waals surface area contributed by atoms with E-state index in [0.29, 0.717) is 23.1 Å². The van der Waals surface area contributed by atoms with Gasteiger partial charge in [-0.05, 0) is 56.2 Å². The Morgan fingerprint density at radius 2 is 1.94 bits per heavy atom. The van der Waals surface area contributed by atoms with Crippen LogP contribution in [-0.4, -0.2) is 34.6 Å². The summed E-state index contributed by atoms with van der Waals surface area (Å²) in [5.74, 6) is 1.73. The van der Waals surface area contributed by atoms with E-state index in [1.807, 2.05) is 44.2 Å². The Morgan fingerprint density at radius 1 is 1.06 bits per heavy atom. The molecule has 5 aromatic heterocycles. The van der Waals surface area contributed by atoms with Gasteiger partial charge in [-0.2, -0.15) is 20.6 Å². The van der Waals surface area contributed by atoms with Crippen LogP contribution in [0.4, 0.5) is 0 Å². The van der Waals surface area contributed by atoms with Crippen molar-refractivity contribution in [3.8, 4) is 34.8 Å². The standard InChI is InChI=1S/C24H20N8O/c1-4-17-6-8-21(27-24(17)32-16(3)11-18(12-25)30-32)20-13-26-31-14-19(7-9-22(20)31)33-23-10-5-15(2)28-29-23/h5-11,13-14H,4H2,1-3H3. The van der Waals surface area contributed by atoms with Gasteiger partial charge in [0, 0.05) is 17.3 Å². The van der Waals surface area contributed by atoms with Gasteiger partial charge in [0.15, 0.2) is 11.5 Å². The van der Waals surface area contributed by atoms with E-state index in [1.54, 1.807) is 33.7 Å². The van der Waals surface area contributed by atoms with Gasteiger partial charge in [-0.25, -0.2) is 14.2 Å². The van der Waals surface area contributed by atoms with Gasteiger partial charge >= 0.3 is 0 Å². The third-order valence-electron chi connectivity index (χ3n) is 5.30. The van der Waals surface area contributed by atoms with E-state index in [4.69, 9.17) is 9.72 Å². The number of aromatic nitrogens is 7. The number of nitriles is 1. The van der Waals surface area contributed by atoms with Crippen molar-refractivity contribution in [1.29, 1.82) is 5.26 Å². The zero-order valence-corrected chi connectivity index (χ0v) is 18.4. The molecule has 162 valence electrons. The zero-order chi connectivity index (χ0) is 22.9. The minimum atomic E-state index is 0.364. The van der Waals surface area contributed by atoms with E-state index in [1.165, 1.54) is 0 Å². The Kier molecular flexibility index (Phi) is 5.03. The third kappa shape index (κ3) is 3.78. The summed E-state index contributed by atoms with van der Waals surface area (Å²) in [6, 6.07) is 15.3. The molecule has 0 bridgehead atoms. The molecular formula is C24H20N8O. The van der Waals surface area contributed by atoms with Crippen LogP contribution in [0.2, 0.25) is 0 Å². The van der Waals surface area contributed by atoms with Crippen molar-refractivity contribution in [3.05, 3.63) is 77.5 Å². The van der Waals surface area contributed by atoms with Crippen LogP contribution in [0.25, 0.3) is 22.6 Å².